The number of hydrogen-bond acceptors (Lipinski definition) is 4. The molecule has 0 N–H and O–H groups in total. The Morgan fingerprint density at radius 1 is 1.39 bits per heavy atom. The van der Waals surface area contributed by atoms with E-state index in [9.17, 15) is 8.78 Å². The highest BCUT2D eigenvalue weighted by molar-refractivity contribution is 5.38. The summed E-state index contributed by atoms with van der Waals surface area (Å²) in [4.78, 5) is 10.6. The lowest BCUT2D eigenvalue weighted by Gasteiger charge is -2.33. The molecule has 1 aliphatic carbocycles. The second-order valence-corrected chi connectivity index (χ2v) is 4.74. The molecule has 1 saturated carbocycles. The van der Waals surface area contributed by atoms with Gasteiger partial charge in [-0.25, -0.2) is 18.7 Å². The second kappa shape index (κ2) is 4.76. The summed E-state index contributed by atoms with van der Waals surface area (Å²) < 4.78 is 30.3. The van der Waals surface area contributed by atoms with Crippen LogP contribution in [0, 0.1) is 0 Å². The van der Waals surface area contributed by atoms with E-state index in [-0.39, 0.29) is 6.54 Å². The summed E-state index contributed by atoms with van der Waals surface area (Å²) in [6.45, 7) is 1.11. The molecule has 0 bridgehead atoms. The number of hydrogen-bond donors (Lipinski definition) is 0. The van der Waals surface area contributed by atoms with Crippen LogP contribution in [0.1, 0.15) is 24.6 Å². The van der Waals surface area contributed by atoms with E-state index in [1.165, 1.54) is 0 Å². The normalized spacial score (nSPS) is 24.6. The van der Waals surface area contributed by atoms with Gasteiger partial charge in [-0.2, -0.15) is 0 Å². The maximum Gasteiger partial charge on any atom is 0.266 e. The van der Waals surface area contributed by atoms with Gasteiger partial charge in [-0.05, 0) is 18.9 Å². The summed E-state index contributed by atoms with van der Waals surface area (Å²) in [6.07, 6.45) is 0.511. The largest absolute Gasteiger partial charge is 0.369 e. The number of aromatic nitrogens is 2. The number of halogens is 2. The molecule has 2 heterocycles. The lowest BCUT2D eigenvalue weighted by molar-refractivity contribution is -0.0615. The van der Waals surface area contributed by atoms with Gasteiger partial charge in [0, 0.05) is 18.7 Å². The Labute approximate surface area is 104 Å². The first kappa shape index (κ1) is 11.8. The zero-order chi connectivity index (χ0) is 12.5. The Hall–Kier alpha value is -1.30. The van der Waals surface area contributed by atoms with Crippen molar-refractivity contribution >= 4 is 5.82 Å². The average Bonchev–Trinajstić information content (AvgIpc) is 3.23. The average molecular weight is 255 g/mol. The zero-order valence-electron chi connectivity index (χ0n) is 9.93. The predicted octanol–water partition coefficient (Wildman–Crippen LogP) is 1.82. The predicted molar refractivity (Wildman–Crippen MR) is 62.0 cm³/mol. The van der Waals surface area contributed by atoms with Crippen LogP contribution in [0.25, 0.3) is 0 Å². The summed E-state index contributed by atoms with van der Waals surface area (Å²) >= 11 is 0. The minimum absolute atomic E-state index is 0.193. The third kappa shape index (κ3) is 2.43. The van der Waals surface area contributed by atoms with Gasteiger partial charge < -0.3 is 9.64 Å². The number of anilines is 1. The highest BCUT2D eigenvalue weighted by atomic mass is 19.3. The quantitative estimate of drug-likeness (QED) is 0.826. The molecule has 0 aromatic carbocycles. The van der Waals surface area contributed by atoms with Gasteiger partial charge in [0.1, 0.15) is 17.7 Å². The van der Waals surface area contributed by atoms with Crippen molar-refractivity contribution in [3.8, 4) is 0 Å². The van der Waals surface area contributed by atoms with Crippen LogP contribution >= 0.6 is 0 Å². The third-order valence-corrected chi connectivity index (χ3v) is 3.30. The fourth-order valence-electron chi connectivity index (χ4n) is 2.11. The maximum atomic E-state index is 12.6. The molecule has 0 spiro atoms. The number of alkyl halides is 2. The van der Waals surface area contributed by atoms with Gasteiger partial charge in [-0.3, -0.25) is 0 Å². The van der Waals surface area contributed by atoms with Crippen molar-refractivity contribution in [1.82, 2.24) is 9.97 Å². The minimum atomic E-state index is -2.45. The van der Waals surface area contributed by atoms with Crippen molar-refractivity contribution in [2.24, 2.45) is 0 Å². The lowest BCUT2D eigenvalue weighted by Crippen LogP contribution is -2.46. The third-order valence-electron chi connectivity index (χ3n) is 3.30. The highest BCUT2D eigenvalue weighted by Gasteiger charge is 2.30. The highest BCUT2D eigenvalue weighted by Crippen LogP contribution is 2.38. The topological polar surface area (TPSA) is 38.2 Å². The molecule has 0 radical (unpaired) electrons. The lowest BCUT2D eigenvalue weighted by atomic mass is 10.2. The molecule has 1 aromatic heterocycles. The minimum Gasteiger partial charge on any atom is -0.369 e. The van der Waals surface area contributed by atoms with Gasteiger partial charge in [-0.15, -0.1) is 0 Å². The van der Waals surface area contributed by atoms with E-state index in [0.717, 1.165) is 24.5 Å². The maximum absolute atomic E-state index is 12.6. The molecule has 2 aliphatic rings. The molecular formula is C12H15F2N3O. The monoisotopic (exact) mass is 255 g/mol. The van der Waals surface area contributed by atoms with Crippen LogP contribution in [0.4, 0.5) is 14.6 Å². The van der Waals surface area contributed by atoms with Crippen molar-refractivity contribution in [2.45, 2.75) is 31.3 Å². The van der Waals surface area contributed by atoms with Gasteiger partial charge in [0.25, 0.3) is 6.43 Å². The van der Waals surface area contributed by atoms with Crippen LogP contribution < -0.4 is 4.90 Å². The van der Waals surface area contributed by atoms with E-state index < -0.39 is 12.5 Å². The van der Waals surface area contributed by atoms with Gasteiger partial charge in [0.15, 0.2) is 0 Å². The van der Waals surface area contributed by atoms with E-state index >= 15 is 0 Å². The van der Waals surface area contributed by atoms with E-state index in [2.05, 4.69) is 9.97 Å². The smallest absolute Gasteiger partial charge is 0.266 e. The second-order valence-electron chi connectivity index (χ2n) is 4.74. The molecule has 6 heteroatoms. The molecule has 1 atom stereocenters. The van der Waals surface area contributed by atoms with Gasteiger partial charge in [0.2, 0.25) is 0 Å². The number of nitrogens with zero attached hydrogens (tertiary/aromatic N) is 3. The standard InChI is InChI=1S/C12H15F2N3O/c13-11(14)9-7-17(5-6-18-9)10-3-4-15-12(16-10)8-1-2-8/h3-4,8-9,11H,1-2,5-7H2. The molecule has 1 unspecified atom stereocenters. The molecule has 3 rings (SSSR count). The molecule has 98 valence electrons. The van der Waals surface area contributed by atoms with E-state index in [4.69, 9.17) is 4.74 Å². The molecule has 1 saturated heterocycles. The van der Waals surface area contributed by atoms with E-state index in [1.807, 2.05) is 4.90 Å². The van der Waals surface area contributed by atoms with Gasteiger partial charge in [-0.1, -0.05) is 0 Å². The Bertz CT molecular complexity index is 426. The first-order chi connectivity index (χ1) is 8.74. The Morgan fingerprint density at radius 2 is 2.22 bits per heavy atom. The first-order valence-corrected chi connectivity index (χ1v) is 6.21. The fourth-order valence-corrected chi connectivity index (χ4v) is 2.11. The first-order valence-electron chi connectivity index (χ1n) is 6.21. The van der Waals surface area contributed by atoms with Crippen LogP contribution in [0.3, 0.4) is 0 Å². The van der Waals surface area contributed by atoms with E-state index in [0.29, 0.717) is 19.1 Å². The molecule has 0 amide bonds. The van der Waals surface area contributed by atoms with Crippen molar-refractivity contribution < 1.29 is 13.5 Å². The van der Waals surface area contributed by atoms with Crippen LogP contribution in [0.15, 0.2) is 12.3 Å². The summed E-state index contributed by atoms with van der Waals surface area (Å²) in [7, 11) is 0. The van der Waals surface area contributed by atoms with Crippen molar-refractivity contribution in [2.75, 3.05) is 24.6 Å². The van der Waals surface area contributed by atoms with Gasteiger partial charge in [0.05, 0.1) is 13.2 Å². The summed E-state index contributed by atoms with van der Waals surface area (Å²) in [5.41, 5.74) is 0. The van der Waals surface area contributed by atoms with Crippen molar-refractivity contribution in [3.63, 3.8) is 0 Å². The molecule has 1 aromatic rings. The molecular weight excluding hydrogens is 240 g/mol. The number of morpholine rings is 1. The Balaban J connectivity index is 1.74. The summed E-state index contributed by atoms with van der Waals surface area (Å²) in [6, 6.07) is 1.78. The van der Waals surface area contributed by atoms with Crippen LogP contribution in [0.5, 0.6) is 0 Å². The number of rotatable bonds is 3. The molecule has 18 heavy (non-hydrogen) atoms. The molecule has 1 aliphatic heterocycles. The SMILES string of the molecule is FC(F)C1CN(c2ccnc(C3CC3)n2)CCO1. The molecule has 4 nitrogen and oxygen atoms in total. The number of ether oxygens (including phenoxy) is 1. The van der Waals surface area contributed by atoms with Crippen LogP contribution in [0.2, 0.25) is 0 Å². The fraction of sp³-hybridized carbons (Fsp3) is 0.667. The molecule has 2 fully saturated rings. The van der Waals surface area contributed by atoms with Crippen molar-refractivity contribution in [3.05, 3.63) is 18.1 Å². The Morgan fingerprint density at radius 3 is 2.94 bits per heavy atom. The van der Waals surface area contributed by atoms with Crippen molar-refractivity contribution in [1.29, 1.82) is 0 Å². The Kier molecular flexibility index (Phi) is 3.11. The summed E-state index contributed by atoms with van der Waals surface area (Å²) in [5, 5.41) is 0. The van der Waals surface area contributed by atoms with E-state index in [1.54, 1.807) is 12.3 Å². The zero-order valence-corrected chi connectivity index (χ0v) is 9.93. The van der Waals surface area contributed by atoms with Crippen LogP contribution in [-0.4, -0.2) is 42.2 Å². The van der Waals surface area contributed by atoms with Crippen LogP contribution in [-0.2, 0) is 4.74 Å². The van der Waals surface area contributed by atoms with Gasteiger partial charge >= 0.3 is 0 Å². The summed E-state index contributed by atoms with van der Waals surface area (Å²) in [5.74, 6) is 2.05.